The summed E-state index contributed by atoms with van der Waals surface area (Å²) in [6, 6.07) is 0. The van der Waals surface area contributed by atoms with Crippen molar-refractivity contribution in [3.8, 4) is 0 Å². The molecule has 0 amide bonds. The summed E-state index contributed by atoms with van der Waals surface area (Å²) >= 11 is 0. The molecular formula is C12H20. The van der Waals surface area contributed by atoms with Crippen LogP contribution in [0.2, 0.25) is 0 Å². The van der Waals surface area contributed by atoms with E-state index < -0.39 is 0 Å². The van der Waals surface area contributed by atoms with Gasteiger partial charge in [-0.1, -0.05) is 44.6 Å². The third-order valence-electron chi connectivity index (χ3n) is 2.79. The van der Waals surface area contributed by atoms with Gasteiger partial charge in [0.15, 0.2) is 0 Å². The molecule has 0 unspecified atom stereocenters. The largest absolute Gasteiger partial charge is 0.0842 e. The van der Waals surface area contributed by atoms with E-state index in [2.05, 4.69) is 25.2 Å². The first-order chi connectivity index (χ1) is 5.81. The maximum absolute atomic E-state index is 2.39. The van der Waals surface area contributed by atoms with Crippen molar-refractivity contribution in [1.82, 2.24) is 0 Å². The van der Waals surface area contributed by atoms with E-state index in [1.165, 1.54) is 25.7 Å². The van der Waals surface area contributed by atoms with Gasteiger partial charge in [-0.05, 0) is 31.1 Å². The lowest BCUT2D eigenvalue weighted by Gasteiger charge is -2.14. The van der Waals surface area contributed by atoms with Gasteiger partial charge >= 0.3 is 0 Å². The summed E-state index contributed by atoms with van der Waals surface area (Å²) in [5, 5.41) is 0. The predicted octanol–water partition coefficient (Wildman–Crippen LogP) is 4.09. The minimum Gasteiger partial charge on any atom is -0.0842 e. The van der Waals surface area contributed by atoms with E-state index in [-0.39, 0.29) is 0 Å². The molecule has 12 heavy (non-hydrogen) atoms. The Morgan fingerprint density at radius 2 is 1.92 bits per heavy atom. The van der Waals surface area contributed by atoms with Gasteiger partial charge in [0.05, 0.1) is 0 Å². The zero-order valence-corrected chi connectivity index (χ0v) is 8.56. The molecule has 2 aliphatic rings. The minimum absolute atomic E-state index is 0.630. The second-order valence-corrected chi connectivity index (χ2v) is 3.72. The molecule has 0 nitrogen and oxygen atoms in total. The lowest BCUT2D eigenvalue weighted by molar-refractivity contribution is 0.643. The smallest absolute Gasteiger partial charge is 0.0113 e. The second-order valence-electron chi connectivity index (χ2n) is 3.72. The number of hydrogen-bond donors (Lipinski definition) is 0. The average molecular weight is 164 g/mol. The molecule has 0 atom stereocenters. The van der Waals surface area contributed by atoms with Crippen LogP contribution in [0.3, 0.4) is 0 Å². The fourth-order valence-electron chi connectivity index (χ4n) is 1.61. The van der Waals surface area contributed by atoms with Crippen LogP contribution in [-0.2, 0) is 0 Å². The molecule has 0 aromatic carbocycles. The Hall–Kier alpha value is -0.520. The van der Waals surface area contributed by atoms with E-state index >= 15 is 0 Å². The van der Waals surface area contributed by atoms with Crippen LogP contribution in [0.1, 0.15) is 46.5 Å². The Balaban J connectivity index is 0.000000336. The SMILES string of the molecule is CC.CC1(C2=CC=CCC2)CC1. The van der Waals surface area contributed by atoms with Crippen LogP contribution in [0.4, 0.5) is 0 Å². The van der Waals surface area contributed by atoms with Crippen molar-refractivity contribution in [2.75, 3.05) is 0 Å². The molecule has 0 N–H and O–H groups in total. The molecule has 1 saturated carbocycles. The molecule has 1 fully saturated rings. The number of rotatable bonds is 1. The van der Waals surface area contributed by atoms with Gasteiger partial charge in [-0.3, -0.25) is 0 Å². The topological polar surface area (TPSA) is 0 Å². The van der Waals surface area contributed by atoms with Gasteiger partial charge in [0.1, 0.15) is 0 Å². The van der Waals surface area contributed by atoms with Crippen LogP contribution < -0.4 is 0 Å². The van der Waals surface area contributed by atoms with Gasteiger partial charge in [-0.2, -0.15) is 0 Å². The van der Waals surface area contributed by atoms with Crippen LogP contribution in [0.15, 0.2) is 23.8 Å². The van der Waals surface area contributed by atoms with E-state index in [0.29, 0.717) is 5.41 Å². The highest BCUT2D eigenvalue weighted by atomic mass is 14.4. The molecule has 0 radical (unpaired) electrons. The van der Waals surface area contributed by atoms with Crippen LogP contribution in [0.25, 0.3) is 0 Å². The minimum atomic E-state index is 0.630. The van der Waals surface area contributed by atoms with Gasteiger partial charge in [0.2, 0.25) is 0 Å². The molecule has 0 bridgehead atoms. The zero-order valence-electron chi connectivity index (χ0n) is 8.56. The van der Waals surface area contributed by atoms with E-state index in [1.54, 1.807) is 5.57 Å². The molecule has 2 aliphatic carbocycles. The first-order valence-corrected chi connectivity index (χ1v) is 5.17. The van der Waals surface area contributed by atoms with E-state index in [4.69, 9.17) is 0 Å². The van der Waals surface area contributed by atoms with Gasteiger partial charge in [0.25, 0.3) is 0 Å². The maximum Gasteiger partial charge on any atom is -0.0113 e. The van der Waals surface area contributed by atoms with Gasteiger partial charge in [-0.25, -0.2) is 0 Å². The highest BCUT2D eigenvalue weighted by Gasteiger charge is 2.40. The monoisotopic (exact) mass is 164 g/mol. The highest BCUT2D eigenvalue weighted by molar-refractivity contribution is 5.27. The van der Waals surface area contributed by atoms with Crippen LogP contribution in [0, 0.1) is 5.41 Å². The third kappa shape index (κ3) is 2.00. The van der Waals surface area contributed by atoms with Crippen molar-refractivity contribution in [3.63, 3.8) is 0 Å². The molecule has 0 aliphatic heterocycles. The molecular weight excluding hydrogens is 144 g/mol. The van der Waals surface area contributed by atoms with Crippen molar-refractivity contribution >= 4 is 0 Å². The van der Waals surface area contributed by atoms with Crippen LogP contribution in [-0.4, -0.2) is 0 Å². The van der Waals surface area contributed by atoms with Crippen molar-refractivity contribution in [2.45, 2.75) is 46.5 Å². The van der Waals surface area contributed by atoms with Crippen LogP contribution in [0.5, 0.6) is 0 Å². The number of hydrogen-bond acceptors (Lipinski definition) is 0. The molecule has 0 aromatic heterocycles. The second kappa shape index (κ2) is 3.93. The summed E-state index contributed by atoms with van der Waals surface area (Å²) < 4.78 is 0. The fourth-order valence-corrected chi connectivity index (χ4v) is 1.61. The summed E-state index contributed by atoms with van der Waals surface area (Å²) in [5.74, 6) is 0. The Labute approximate surface area is 76.4 Å². The first-order valence-electron chi connectivity index (χ1n) is 5.17. The Morgan fingerprint density at radius 3 is 2.33 bits per heavy atom. The van der Waals surface area contributed by atoms with Gasteiger partial charge in [0, 0.05) is 0 Å². The lowest BCUT2D eigenvalue weighted by Crippen LogP contribution is -2.00. The fraction of sp³-hybridized carbons (Fsp3) is 0.667. The average Bonchev–Trinajstić information content (AvgIpc) is 2.90. The van der Waals surface area contributed by atoms with Crippen molar-refractivity contribution < 1.29 is 0 Å². The van der Waals surface area contributed by atoms with Crippen molar-refractivity contribution in [3.05, 3.63) is 23.8 Å². The molecule has 0 spiro atoms. The Kier molecular flexibility index (Phi) is 3.13. The number of allylic oxidation sites excluding steroid dienone is 4. The predicted molar refractivity (Wildman–Crippen MR) is 55.1 cm³/mol. The van der Waals surface area contributed by atoms with Crippen molar-refractivity contribution in [2.24, 2.45) is 5.41 Å². The summed E-state index contributed by atoms with van der Waals surface area (Å²) in [6.45, 7) is 6.39. The molecule has 68 valence electrons. The van der Waals surface area contributed by atoms with Gasteiger partial charge in [-0.15, -0.1) is 0 Å². The molecule has 0 heteroatoms. The van der Waals surface area contributed by atoms with E-state index in [1.807, 2.05) is 13.8 Å². The van der Waals surface area contributed by atoms with E-state index in [0.717, 1.165) is 0 Å². The van der Waals surface area contributed by atoms with Crippen molar-refractivity contribution in [1.29, 1.82) is 0 Å². The highest BCUT2D eigenvalue weighted by Crippen LogP contribution is 2.53. The molecule has 0 heterocycles. The van der Waals surface area contributed by atoms with Crippen LogP contribution >= 0.6 is 0 Å². The third-order valence-corrected chi connectivity index (χ3v) is 2.79. The summed E-state index contributed by atoms with van der Waals surface area (Å²) in [5.41, 5.74) is 2.32. The summed E-state index contributed by atoms with van der Waals surface area (Å²) in [4.78, 5) is 0. The normalized spacial score (nSPS) is 23.8. The quantitative estimate of drug-likeness (QED) is 0.547. The molecule has 0 aromatic rings. The zero-order chi connectivity index (χ0) is 9.03. The standard InChI is InChI=1S/C10H14.C2H6/c1-10(7-8-10)9-5-3-2-4-6-9;1-2/h2-3,5H,4,6-8H2,1H3;1-2H3. The Bertz CT molecular complexity index is 192. The first kappa shape index (κ1) is 9.57. The lowest BCUT2D eigenvalue weighted by atomic mass is 9.91. The summed E-state index contributed by atoms with van der Waals surface area (Å²) in [7, 11) is 0. The Morgan fingerprint density at radius 1 is 1.25 bits per heavy atom. The molecule has 2 rings (SSSR count). The summed E-state index contributed by atoms with van der Waals surface area (Å²) in [6.07, 6.45) is 12.2. The molecule has 0 saturated heterocycles. The maximum atomic E-state index is 2.39. The van der Waals surface area contributed by atoms with Gasteiger partial charge < -0.3 is 0 Å². The van der Waals surface area contributed by atoms with E-state index in [9.17, 15) is 0 Å².